The van der Waals surface area contributed by atoms with E-state index in [0.29, 0.717) is 0 Å². The molecule has 2 heteroatoms. The molecule has 0 radical (unpaired) electrons. The number of nitrogens with zero attached hydrogens (tertiary/aromatic N) is 2. The van der Waals surface area contributed by atoms with Gasteiger partial charge in [0.05, 0.1) is 11.4 Å². The molecule has 4 rings (SSSR count). The Morgan fingerprint density at radius 3 is 1.50 bits per heavy atom. The van der Waals surface area contributed by atoms with Crippen LogP contribution in [0.15, 0.2) is 58.7 Å². The highest BCUT2D eigenvalue weighted by Crippen LogP contribution is 2.24. The zero-order valence-electron chi connectivity index (χ0n) is 11.3. The molecule has 2 nitrogen and oxygen atoms in total. The molecule has 0 aliphatic heterocycles. The van der Waals surface area contributed by atoms with E-state index in [4.69, 9.17) is 0 Å². The van der Waals surface area contributed by atoms with Crippen molar-refractivity contribution in [2.75, 3.05) is 0 Å². The van der Waals surface area contributed by atoms with Crippen LogP contribution in [-0.2, 0) is 12.8 Å². The van der Waals surface area contributed by atoms with Crippen molar-refractivity contribution in [1.29, 1.82) is 0 Å². The molecule has 0 N–H and O–H groups in total. The molecule has 0 saturated carbocycles. The number of hydrogen-bond acceptors (Lipinski definition) is 2. The molecular formula is C18H16N2. The Bertz CT molecular complexity index is 662. The van der Waals surface area contributed by atoms with Gasteiger partial charge in [0, 0.05) is 11.1 Å². The van der Waals surface area contributed by atoms with E-state index in [2.05, 4.69) is 58.7 Å². The maximum Gasteiger partial charge on any atom is 0.0708 e. The minimum atomic E-state index is 1.01. The molecule has 2 aliphatic carbocycles. The maximum absolute atomic E-state index is 4.55. The van der Waals surface area contributed by atoms with E-state index < -0.39 is 0 Å². The van der Waals surface area contributed by atoms with Gasteiger partial charge in [-0.05, 0) is 36.8 Å². The van der Waals surface area contributed by atoms with E-state index in [9.17, 15) is 0 Å². The smallest absolute Gasteiger partial charge is 0.0708 e. The molecule has 0 saturated heterocycles. The SMILES string of the molecule is c1ccc2c(c1)CC/C2=N\N=C1/CCc2ccccc21. The first-order valence-electron chi connectivity index (χ1n) is 7.22. The van der Waals surface area contributed by atoms with Crippen LogP contribution in [0.25, 0.3) is 0 Å². The van der Waals surface area contributed by atoms with Gasteiger partial charge < -0.3 is 0 Å². The highest BCUT2D eigenvalue weighted by Gasteiger charge is 2.19. The Labute approximate surface area is 118 Å². The molecule has 0 aromatic heterocycles. The number of hydrogen-bond donors (Lipinski definition) is 0. The minimum absolute atomic E-state index is 1.01. The highest BCUT2D eigenvalue weighted by atomic mass is 15.2. The Kier molecular flexibility index (Phi) is 2.73. The highest BCUT2D eigenvalue weighted by molar-refractivity contribution is 6.07. The van der Waals surface area contributed by atoms with Gasteiger partial charge in [-0.1, -0.05) is 48.5 Å². The molecule has 2 aromatic carbocycles. The average molecular weight is 260 g/mol. The lowest BCUT2D eigenvalue weighted by atomic mass is 10.1. The summed E-state index contributed by atoms with van der Waals surface area (Å²) in [4.78, 5) is 0. The monoisotopic (exact) mass is 260 g/mol. The molecule has 0 unspecified atom stereocenters. The van der Waals surface area contributed by atoms with E-state index in [1.54, 1.807) is 0 Å². The number of aryl methyl sites for hydroxylation is 2. The summed E-state index contributed by atoms with van der Waals surface area (Å²) in [6, 6.07) is 17.1. The molecule has 20 heavy (non-hydrogen) atoms. The van der Waals surface area contributed by atoms with Crippen molar-refractivity contribution < 1.29 is 0 Å². The van der Waals surface area contributed by atoms with Gasteiger partial charge in [0.2, 0.25) is 0 Å². The molecular weight excluding hydrogens is 244 g/mol. The molecule has 0 atom stereocenters. The third kappa shape index (κ3) is 1.88. The number of rotatable bonds is 1. The molecule has 2 aliphatic rings. The van der Waals surface area contributed by atoms with Crippen LogP contribution in [-0.4, -0.2) is 11.4 Å². The lowest BCUT2D eigenvalue weighted by molar-refractivity contribution is 1.06. The second-order valence-electron chi connectivity index (χ2n) is 5.41. The van der Waals surface area contributed by atoms with Gasteiger partial charge in [-0.25, -0.2) is 0 Å². The Hall–Kier alpha value is -2.22. The van der Waals surface area contributed by atoms with Crippen LogP contribution < -0.4 is 0 Å². The normalized spacial score (nSPS) is 20.4. The Morgan fingerprint density at radius 1 is 0.550 bits per heavy atom. The Balaban J connectivity index is 1.69. The van der Waals surface area contributed by atoms with E-state index in [1.807, 2.05) is 0 Å². The van der Waals surface area contributed by atoms with Crippen molar-refractivity contribution in [3.8, 4) is 0 Å². The fourth-order valence-corrected chi connectivity index (χ4v) is 3.14. The van der Waals surface area contributed by atoms with Crippen LogP contribution in [0.5, 0.6) is 0 Å². The van der Waals surface area contributed by atoms with Gasteiger partial charge in [0.15, 0.2) is 0 Å². The number of fused-ring (bicyclic) bond motifs is 2. The van der Waals surface area contributed by atoms with Crippen molar-refractivity contribution in [1.82, 2.24) is 0 Å². The topological polar surface area (TPSA) is 24.7 Å². The Morgan fingerprint density at radius 2 is 1.00 bits per heavy atom. The minimum Gasteiger partial charge on any atom is -0.155 e. The lowest BCUT2D eigenvalue weighted by Gasteiger charge is -1.99. The average Bonchev–Trinajstić information content (AvgIpc) is 3.09. The van der Waals surface area contributed by atoms with Gasteiger partial charge in [-0.15, -0.1) is 0 Å². The van der Waals surface area contributed by atoms with Gasteiger partial charge >= 0.3 is 0 Å². The van der Waals surface area contributed by atoms with Gasteiger partial charge in [0.1, 0.15) is 0 Å². The predicted octanol–water partition coefficient (Wildman–Crippen LogP) is 3.77. The van der Waals surface area contributed by atoms with Crippen LogP contribution in [0.4, 0.5) is 0 Å². The summed E-state index contributed by atoms with van der Waals surface area (Å²) in [5, 5.41) is 9.10. The van der Waals surface area contributed by atoms with E-state index in [-0.39, 0.29) is 0 Å². The van der Waals surface area contributed by atoms with Gasteiger partial charge in [-0.2, -0.15) is 10.2 Å². The fourth-order valence-electron chi connectivity index (χ4n) is 3.14. The summed E-state index contributed by atoms with van der Waals surface area (Å²) in [6.07, 6.45) is 4.21. The van der Waals surface area contributed by atoms with Crippen LogP contribution >= 0.6 is 0 Å². The zero-order chi connectivity index (χ0) is 13.4. The van der Waals surface area contributed by atoms with Crippen molar-refractivity contribution in [3.63, 3.8) is 0 Å². The molecule has 2 aromatic rings. The summed E-state index contributed by atoms with van der Waals surface area (Å²) >= 11 is 0. The summed E-state index contributed by atoms with van der Waals surface area (Å²) in [5.41, 5.74) is 7.64. The molecule has 0 bridgehead atoms. The van der Waals surface area contributed by atoms with Crippen LogP contribution in [0.2, 0.25) is 0 Å². The first kappa shape index (κ1) is 11.6. The van der Waals surface area contributed by atoms with Gasteiger partial charge in [0.25, 0.3) is 0 Å². The summed E-state index contributed by atoms with van der Waals surface area (Å²) in [6.45, 7) is 0. The first-order chi connectivity index (χ1) is 9.92. The summed E-state index contributed by atoms with van der Waals surface area (Å²) in [5.74, 6) is 0. The van der Waals surface area contributed by atoms with Crippen LogP contribution in [0, 0.1) is 0 Å². The summed E-state index contributed by atoms with van der Waals surface area (Å²) < 4.78 is 0. The molecule has 98 valence electrons. The lowest BCUT2D eigenvalue weighted by Crippen LogP contribution is -1.97. The third-order valence-electron chi connectivity index (χ3n) is 4.21. The quantitative estimate of drug-likeness (QED) is 0.697. The van der Waals surface area contributed by atoms with Crippen molar-refractivity contribution in [2.24, 2.45) is 10.2 Å². The van der Waals surface area contributed by atoms with Gasteiger partial charge in [-0.3, -0.25) is 0 Å². The molecule has 0 heterocycles. The molecule has 0 spiro atoms. The first-order valence-corrected chi connectivity index (χ1v) is 7.22. The second-order valence-corrected chi connectivity index (χ2v) is 5.41. The largest absolute Gasteiger partial charge is 0.155 e. The molecule has 0 fully saturated rings. The van der Waals surface area contributed by atoms with E-state index >= 15 is 0 Å². The van der Waals surface area contributed by atoms with E-state index in [0.717, 1.165) is 37.1 Å². The van der Waals surface area contributed by atoms with Crippen LogP contribution in [0.3, 0.4) is 0 Å². The predicted molar refractivity (Wildman–Crippen MR) is 82.6 cm³/mol. The fraction of sp³-hybridized carbons (Fsp3) is 0.222. The standard InChI is InChI=1S/C18H16N2/c1-3-7-15-13(5-1)9-11-17(15)19-20-18-12-10-14-6-2-4-8-16(14)18/h1-8H,9-12H2/b19-17+,20-18+. The second kappa shape index (κ2) is 4.71. The molecule has 0 amide bonds. The third-order valence-corrected chi connectivity index (χ3v) is 4.21. The maximum atomic E-state index is 4.55. The zero-order valence-corrected chi connectivity index (χ0v) is 11.3. The van der Waals surface area contributed by atoms with E-state index in [1.165, 1.54) is 22.3 Å². The van der Waals surface area contributed by atoms with Crippen molar-refractivity contribution >= 4 is 11.4 Å². The van der Waals surface area contributed by atoms with Crippen molar-refractivity contribution in [3.05, 3.63) is 70.8 Å². The number of benzene rings is 2. The van der Waals surface area contributed by atoms with Crippen molar-refractivity contribution in [2.45, 2.75) is 25.7 Å². The van der Waals surface area contributed by atoms with Crippen LogP contribution in [0.1, 0.15) is 35.1 Å². The summed E-state index contributed by atoms with van der Waals surface area (Å²) in [7, 11) is 0.